The van der Waals surface area contributed by atoms with Gasteiger partial charge in [0, 0.05) is 11.4 Å². The van der Waals surface area contributed by atoms with Gasteiger partial charge in [-0.3, -0.25) is 4.99 Å². The number of rotatable bonds is 9. The van der Waals surface area contributed by atoms with Crippen LogP contribution in [-0.4, -0.2) is 5.71 Å². The highest BCUT2D eigenvalue weighted by molar-refractivity contribution is 5.99. The Labute approximate surface area is 181 Å². The summed E-state index contributed by atoms with van der Waals surface area (Å²) in [4.78, 5) is 5.01. The SMILES string of the molecule is C/C=C(\N=C(C)c1ccccc1)C(Nc1ccc(CCCC)cc1)c1ccccc1. The summed E-state index contributed by atoms with van der Waals surface area (Å²) in [5.41, 5.74) is 6.87. The summed E-state index contributed by atoms with van der Waals surface area (Å²) in [7, 11) is 0. The molecule has 30 heavy (non-hydrogen) atoms. The third kappa shape index (κ3) is 5.93. The van der Waals surface area contributed by atoms with Gasteiger partial charge in [-0.2, -0.15) is 0 Å². The van der Waals surface area contributed by atoms with Crippen molar-refractivity contribution in [1.82, 2.24) is 0 Å². The Morgan fingerprint density at radius 1 is 0.900 bits per heavy atom. The summed E-state index contributed by atoms with van der Waals surface area (Å²) in [5, 5.41) is 3.71. The zero-order valence-electron chi connectivity index (χ0n) is 18.3. The molecule has 0 spiro atoms. The van der Waals surface area contributed by atoms with Crippen molar-refractivity contribution in [2.24, 2.45) is 4.99 Å². The Bertz CT molecular complexity index is 955. The summed E-state index contributed by atoms with van der Waals surface area (Å²) in [5.74, 6) is 0. The molecule has 1 atom stereocenters. The van der Waals surface area contributed by atoms with Crippen LogP contribution >= 0.6 is 0 Å². The van der Waals surface area contributed by atoms with E-state index < -0.39 is 0 Å². The third-order valence-electron chi connectivity index (χ3n) is 5.30. The fraction of sp³-hybridized carbons (Fsp3) is 0.250. The molecule has 154 valence electrons. The quantitative estimate of drug-likeness (QED) is 0.370. The molecule has 3 rings (SSSR count). The molecule has 0 radical (unpaired) electrons. The molecule has 0 bridgehead atoms. The predicted molar refractivity (Wildman–Crippen MR) is 130 cm³/mol. The Morgan fingerprint density at radius 3 is 2.13 bits per heavy atom. The smallest absolute Gasteiger partial charge is 0.0936 e. The van der Waals surface area contributed by atoms with Crippen LogP contribution in [0, 0.1) is 0 Å². The minimum atomic E-state index is -0.0173. The number of anilines is 1. The van der Waals surface area contributed by atoms with Crippen molar-refractivity contribution in [3.8, 4) is 0 Å². The molecule has 0 saturated carbocycles. The third-order valence-corrected chi connectivity index (χ3v) is 5.30. The van der Waals surface area contributed by atoms with E-state index in [-0.39, 0.29) is 6.04 Å². The summed E-state index contributed by atoms with van der Waals surface area (Å²) in [6, 6.07) is 29.7. The van der Waals surface area contributed by atoms with Gasteiger partial charge in [0.15, 0.2) is 0 Å². The molecule has 0 aliphatic heterocycles. The van der Waals surface area contributed by atoms with Gasteiger partial charge in [0.05, 0.1) is 11.7 Å². The minimum Gasteiger partial charge on any atom is -0.373 e. The second kappa shape index (κ2) is 11.2. The molecule has 0 fully saturated rings. The van der Waals surface area contributed by atoms with Crippen molar-refractivity contribution in [3.05, 3.63) is 113 Å². The van der Waals surface area contributed by atoms with Crippen LogP contribution in [0.3, 0.4) is 0 Å². The molecule has 3 aromatic carbocycles. The summed E-state index contributed by atoms with van der Waals surface area (Å²) < 4.78 is 0. The number of benzene rings is 3. The average Bonchev–Trinajstić information content (AvgIpc) is 2.81. The van der Waals surface area contributed by atoms with Crippen molar-refractivity contribution >= 4 is 11.4 Å². The van der Waals surface area contributed by atoms with Crippen molar-refractivity contribution < 1.29 is 0 Å². The van der Waals surface area contributed by atoms with Gasteiger partial charge in [-0.1, -0.05) is 92.2 Å². The van der Waals surface area contributed by atoms with Gasteiger partial charge in [-0.05, 0) is 55.5 Å². The maximum Gasteiger partial charge on any atom is 0.0936 e. The fourth-order valence-electron chi connectivity index (χ4n) is 3.52. The molecule has 1 unspecified atom stereocenters. The van der Waals surface area contributed by atoms with Gasteiger partial charge < -0.3 is 5.32 Å². The second-order valence-electron chi connectivity index (χ2n) is 7.57. The van der Waals surface area contributed by atoms with Gasteiger partial charge in [0.1, 0.15) is 0 Å². The van der Waals surface area contributed by atoms with Crippen LogP contribution in [0.2, 0.25) is 0 Å². The first-order valence-electron chi connectivity index (χ1n) is 10.9. The molecular weight excluding hydrogens is 364 g/mol. The largest absolute Gasteiger partial charge is 0.373 e. The molecule has 0 heterocycles. The lowest BCUT2D eigenvalue weighted by Crippen LogP contribution is -2.14. The number of allylic oxidation sites excluding steroid dienone is 1. The van der Waals surface area contributed by atoms with E-state index in [0.717, 1.165) is 29.1 Å². The lowest BCUT2D eigenvalue weighted by molar-refractivity contribution is 0.795. The van der Waals surface area contributed by atoms with Gasteiger partial charge in [0.2, 0.25) is 0 Å². The monoisotopic (exact) mass is 396 g/mol. The minimum absolute atomic E-state index is 0.0173. The van der Waals surface area contributed by atoms with Gasteiger partial charge in [-0.25, -0.2) is 0 Å². The molecule has 3 aromatic rings. The molecule has 1 N–H and O–H groups in total. The van der Waals surface area contributed by atoms with Crippen LogP contribution in [0.1, 0.15) is 56.3 Å². The standard InChI is InChI=1S/C28H32N2/c1-4-6-13-23-18-20-26(21-19-23)30-28(25-16-11-8-12-17-25)27(5-2)29-22(3)24-14-9-7-10-15-24/h5,7-12,14-21,28,30H,4,6,13H2,1-3H3/b27-5-,29-22?. The normalized spacial score (nSPS) is 13.2. The number of aryl methyl sites for hydroxylation is 1. The number of hydrogen-bond acceptors (Lipinski definition) is 2. The number of hydrogen-bond donors (Lipinski definition) is 1. The van der Waals surface area contributed by atoms with Crippen molar-refractivity contribution in [2.45, 2.75) is 46.1 Å². The zero-order chi connectivity index (χ0) is 21.2. The van der Waals surface area contributed by atoms with Crippen LogP contribution in [0.4, 0.5) is 5.69 Å². The van der Waals surface area contributed by atoms with Crippen LogP contribution in [0.25, 0.3) is 0 Å². The summed E-state index contributed by atoms with van der Waals surface area (Å²) in [6.45, 7) is 6.36. The maximum atomic E-state index is 5.01. The molecule has 0 saturated heterocycles. The molecule has 0 aromatic heterocycles. The van der Waals surface area contributed by atoms with E-state index in [2.05, 4.69) is 111 Å². The first-order chi connectivity index (χ1) is 14.7. The van der Waals surface area contributed by atoms with E-state index in [9.17, 15) is 0 Å². The first kappa shape index (κ1) is 21.6. The summed E-state index contributed by atoms with van der Waals surface area (Å²) in [6.07, 6.45) is 5.70. The van der Waals surface area contributed by atoms with Gasteiger partial charge in [0.25, 0.3) is 0 Å². The predicted octanol–water partition coefficient (Wildman–Crippen LogP) is 7.60. The summed E-state index contributed by atoms with van der Waals surface area (Å²) >= 11 is 0. The van der Waals surface area contributed by atoms with E-state index in [0.29, 0.717) is 0 Å². The molecule has 2 heteroatoms. The van der Waals surface area contributed by atoms with E-state index >= 15 is 0 Å². The molecule has 0 aliphatic rings. The van der Waals surface area contributed by atoms with Gasteiger partial charge >= 0.3 is 0 Å². The highest BCUT2D eigenvalue weighted by Gasteiger charge is 2.16. The number of aliphatic imine (C=N–C) groups is 1. The Kier molecular flexibility index (Phi) is 8.02. The number of nitrogens with zero attached hydrogens (tertiary/aromatic N) is 1. The Hall–Kier alpha value is -3.13. The Balaban J connectivity index is 1.88. The van der Waals surface area contributed by atoms with Crippen molar-refractivity contribution in [3.63, 3.8) is 0 Å². The van der Waals surface area contributed by atoms with E-state index in [1.165, 1.54) is 24.0 Å². The molecule has 0 aliphatic carbocycles. The lowest BCUT2D eigenvalue weighted by atomic mass is 10.0. The van der Waals surface area contributed by atoms with Gasteiger partial charge in [-0.15, -0.1) is 0 Å². The van der Waals surface area contributed by atoms with Crippen LogP contribution in [-0.2, 0) is 6.42 Å². The fourth-order valence-corrected chi connectivity index (χ4v) is 3.52. The second-order valence-corrected chi connectivity index (χ2v) is 7.57. The average molecular weight is 397 g/mol. The molecule has 0 amide bonds. The molecule has 2 nitrogen and oxygen atoms in total. The topological polar surface area (TPSA) is 24.4 Å². The van der Waals surface area contributed by atoms with Crippen LogP contribution in [0.5, 0.6) is 0 Å². The van der Waals surface area contributed by atoms with Crippen molar-refractivity contribution in [2.75, 3.05) is 5.32 Å². The van der Waals surface area contributed by atoms with Crippen molar-refractivity contribution in [1.29, 1.82) is 0 Å². The number of unbranched alkanes of at least 4 members (excludes halogenated alkanes) is 1. The van der Waals surface area contributed by atoms with E-state index in [1.807, 2.05) is 6.07 Å². The molecular formula is C28H32N2. The van der Waals surface area contributed by atoms with E-state index in [4.69, 9.17) is 4.99 Å². The maximum absolute atomic E-state index is 5.01. The number of nitrogens with one attached hydrogen (secondary N) is 1. The first-order valence-corrected chi connectivity index (χ1v) is 10.9. The van der Waals surface area contributed by atoms with E-state index in [1.54, 1.807) is 0 Å². The lowest BCUT2D eigenvalue weighted by Gasteiger charge is -2.22. The van der Waals surface area contributed by atoms with Crippen LogP contribution < -0.4 is 5.32 Å². The van der Waals surface area contributed by atoms with Crippen LogP contribution in [0.15, 0.2) is 102 Å². The highest BCUT2D eigenvalue weighted by atomic mass is 15.0. The Morgan fingerprint density at radius 2 is 1.53 bits per heavy atom. The zero-order valence-corrected chi connectivity index (χ0v) is 18.3. The highest BCUT2D eigenvalue weighted by Crippen LogP contribution is 2.28.